The van der Waals surface area contributed by atoms with E-state index < -0.39 is 0 Å². The summed E-state index contributed by atoms with van der Waals surface area (Å²) in [5.74, 6) is -0.0576. The summed E-state index contributed by atoms with van der Waals surface area (Å²) in [4.78, 5) is 24.0. The number of ether oxygens (including phenoxy) is 1. The fourth-order valence-corrected chi connectivity index (χ4v) is 2.61. The molecule has 1 aliphatic carbocycles. The zero-order valence-corrected chi connectivity index (χ0v) is 11.4. The summed E-state index contributed by atoms with van der Waals surface area (Å²) in [5.41, 5.74) is 1.10. The molecule has 0 spiro atoms. The van der Waals surface area contributed by atoms with Crippen LogP contribution < -0.4 is 0 Å². The van der Waals surface area contributed by atoms with E-state index in [1.807, 2.05) is 0 Å². The van der Waals surface area contributed by atoms with Crippen molar-refractivity contribution in [3.63, 3.8) is 0 Å². The highest BCUT2D eigenvalue weighted by Crippen LogP contribution is 2.27. The first-order valence-corrected chi connectivity index (χ1v) is 7.03. The Bertz CT molecular complexity index is 459. The Morgan fingerprint density at radius 3 is 2.53 bits per heavy atom. The van der Waals surface area contributed by atoms with Crippen molar-refractivity contribution in [1.29, 1.82) is 0 Å². The number of rotatable bonds is 4. The summed E-state index contributed by atoms with van der Waals surface area (Å²) in [7, 11) is 0. The van der Waals surface area contributed by atoms with Crippen LogP contribution in [0.4, 0.5) is 0 Å². The van der Waals surface area contributed by atoms with Crippen LogP contribution >= 0.6 is 0 Å². The number of benzene rings is 1. The van der Waals surface area contributed by atoms with Crippen LogP contribution in [0.5, 0.6) is 0 Å². The average molecular weight is 260 g/mol. The molecule has 102 valence electrons. The SMILES string of the molecule is CCOC(=O)c1cccc(C(=O)C2CCCCC2)c1. The second-order valence-electron chi connectivity index (χ2n) is 5.00. The molecule has 0 unspecified atom stereocenters. The summed E-state index contributed by atoms with van der Waals surface area (Å²) in [6, 6.07) is 6.90. The lowest BCUT2D eigenvalue weighted by Gasteiger charge is -2.20. The molecule has 19 heavy (non-hydrogen) atoms. The van der Waals surface area contributed by atoms with Crippen LogP contribution in [0.15, 0.2) is 24.3 Å². The molecule has 1 saturated carbocycles. The molecule has 0 amide bonds. The van der Waals surface area contributed by atoms with Gasteiger partial charge in [-0.25, -0.2) is 4.79 Å². The molecule has 0 heterocycles. The summed E-state index contributed by atoms with van der Waals surface area (Å²) in [6.45, 7) is 2.12. The van der Waals surface area contributed by atoms with Crippen molar-refractivity contribution >= 4 is 11.8 Å². The fourth-order valence-electron chi connectivity index (χ4n) is 2.61. The van der Waals surface area contributed by atoms with E-state index in [2.05, 4.69) is 0 Å². The van der Waals surface area contributed by atoms with Gasteiger partial charge in [-0.2, -0.15) is 0 Å². The van der Waals surface area contributed by atoms with Crippen LogP contribution in [-0.2, 0) is 4.74 Å². The first-order valence-electron chi connectivity index (χ1n) is 7.03. The van der Waals surface area contributed by atoms with Gasteiger partial charge in [-0.05, 0) is 31.9 Å². The van der Waals surface area contributed by atoms with Gasteiger partial charge in [-0.1, -0.05) is 31.4 Å². The van der Waals surface area contributed by atoms with Crippen molar-refractivity contribution in [2.75, 3.05) is 6.61 Å². The van der Waals surface area contributed by atoms with E-state index in [1.54, 1.807) is 31.2 Å². The van der Waals surface area contributed by atoms with Gasteiger partial charge in [0, 0.05) is 11.5 Å². The van der Waals surface area contributed by atoms with Crippen molar-refractivity contribution in [3.05, 3.63) is 35.4 Å². The number of carbonyl (C=O) groups is 2. The normalized spacial score (nSPS) is 16.1. The van der Waals surface area contributed by atoms with E-state index in [1.165, 1.54) is 6.42 Å². The van der Waals surface area contributed by atoms with Crippen LogP contribution in [0.3, 0.4) is 0 Å². The molecular formula is C16H20O3. The van der Waals surface area contributed by atoms with Crippen LogP contribution in [0, 0.1) is 5.92 Å². The smallest absolute Gasteiger partial charge is 0.338 e. The van der Waals surface area contributed by atoms with Gasteiger partial charge < -0.3 is 4.74 Å². The second kappa shape index (κ2) is 6.50. The van der Waals surface area contributed by atoms with E-state index in [-0.39, 0.29) is 17.7 Å². The molecule has 3 heteroatoms. The third-order valence-corrected chi connectivity index (χ3v) is 3.63. The summed E-state index contributed by atoms with van der Waals surface area (Å²) >= 11 is 0. The lowest BCUT2D eigenvalue weighted by molar-refractivity contribution is 0.0526. The molecular weight excluding hydrogens is 240 g/mol. The predicted molar refractivity (Wildman–Crippen MR) is 73.3 cm³/mol. The van der Waals surface area contributed by atoms with Gasteiger partial charge in [-0.3, -0.25) is 4.79 Å². The van der Waals surface area contributed by atoms with Gasteiger partial charge in [0.15, 0.2) is 5.78 Å². The van der Waals surface area contributed by atoms with Gasteiger partial charge in [0.05, 0.1) is 12.2 Å². The molecule has 0 aromatic heterocycles. The Kier molecular flexibility index (Phi) is 4.72. The minimum Gasteiger partial charge on any atom is -0.462 e. The van der Waals surface area contributed by atoms with Gasteiger partial charge in [-0.15, -0.1) is 0 Å². The van der Waals surface area contributed by atoms with E-state index in [0.29, 0.717) is 17.7 Å². The quantitative estimate of drug-likeness (QED) is 0.613. The lowest BCUT2D eigenvalue weighted by atomic mass is 9.83. The number of hydrogen-bond donors (Lipinski definition) is 0. The number of hydrogen-bond acceptors (Lipinski definition) is 3. The van der Waals surface area contributed by atoms with Crippen LogP contribution in [0.1, 0.15) is 59.7 Å². The highest BCUT2D eigenvalue weighted by Gasteiger charge is 2.22. The molecule has 0 atom stereocenters. The molecule has 1 aliphatic rings. The Morgan fingerprint density at radius 2 is 1.84 bits per heavy atom. The number of carbonyl (C=O) groups excluding carboxylic acids is 2. The molecule has 0 radical (unpaired) electrons. The molecule has 0 saturated heterocycles. The standard InChI is InChI=1S/C16H20O3/c1-2-19-16(18)14-10-6-9-13(11-14)15(17)12-7-4-3-5-8-12/h6,9-12H,2-5,7-8H2,1H3. The average Bonchev–Trinajstić information content (AvgIpc) is 2.48. The van der Waals surface area contributed by atoms with Crippen molar-refractivity contribution in [2.24, 2.45) is 5.92 Å². The number of ketones is 1. The molecule has 0 N–H and O–H groups in total. The Labute approximate surface area is 114 Å². The van der Waals surface area contributed by atoms with E-state index >= 15 is 0 Å². The largest absolute Gasteiger partial charge is 0.462 e. The highest BCUT2D eigenvalue weighted by atomic mass is 16.5. The van der Waals surface area contributed by atoms with Crippen LogP contribution in [0.25, 0.3) is 0 Å². The zero-order chi connectivity index (χ0) is 13.7. The first-order chi connectivity index (χ1) is 9.22. The van der Waals surface area contributed by atoms with Gasteiger partial charge in [0.25, 0.3) is 0 Å². The summed E-state index contributed by atoms with van der Waals surface area (Å²) in [5, 5.41) is 0. The van der Waals surface area contributed by atoms with E-state index in [0.717, 1.165) is 25.7 Å². The van der Waals surface area contributed by atoms with Gasteiger partial charge >= 0.3 is 5.97 Å². The molecule has 0 aliphatic heterocycles. The molecule has 3 nitrogen and oxygen atoms in total. The van der Waals surface area contributed by atoms with Crippen molar-refractivity contribution in [2.45, 2.75) is 39.0 Å². The second-order valence-corrected chi connectivity index (χ2v) is 5.00. The lowest BCUT2D eigenvalue weighted by Crippen LogP contribution is -2.18. The van der Waals surface area contributed by atoms with Crippen LogP contribution in [-0.4, -0.2) is 18.4 Å². The maximum atomic E-state index is 12.4. The minimum absolute atomic E-state index is 0.131. The first kappa shape index (κ1) is 13.8. The number of Topliss-reactive ketones (excluding diaryl/α,β-unsaturated/α-hetero) is 1. The summed E-state index contributed by atoms with van der Waals surface area (Å²) < 4.78 is 4.96. The monoisotopic (exact) mass is 260 g/mol. The van der Waals surface area contributed by atoms with Crippen LogP contribution in [0.2, 0.25) is 0 Å². The third kappa shape index (κ3) is 3.43. The minimum atomic E-state index is -0.360. The number of esters is 1. The van der Waals surface area contributed by atoms with Crippen molar-refractivity contribution in [3.8, 4) is 0 Å². The molecule has 2 rings (SSSR count). The fraction of sp³-hybridized carbons (Fsp3) is 0.500. The Morgan fingerprint density at radius 1 is 1.16 bits per heavy atom. The molecule has 1 fully saturated rings. The summed E-state index contributed by atoms with van der Waals surface area (Å²) in [6.07, 6.45) is 5.44. The Hall–Kier alpha value is -1.64. The molecule has 1 aromatic rings. The van der Waals surface area contributed by atoms with E-state index in [4.69, 9.17) is 4.74 Å². The predicted octanol–water partition coefficient (Wildman–Crippen LogP) is 3.63. The zero-order valence-electron chi connectivity index (χ0n) is 11.4. The van der Waals surface area contributed by atoms with Crippen molar-refractivity contribution in [1.82, 2.24) is 0 Å². The van der Waals surface area contributed by atoms with Gasteiger partial charge in [0.1, 0.15) is 0 Å². The van der Waals surface area contributed by atoms with Crippen molar-refractivity contribution < 1.29 is 14.3 Å². The van der Waals surface area contributed by atoms with E-state index in [9.17, 15) is 9.59 Å². The molecule has 0 bridgehead atoms. The molecule has 1 aromatic carbocycles. The maximum Gasteiger partial charge on any atom is 0.338 e. The third-order valence-electron chi connectivity index (χ3n) is 3.63. The Balaban J connectivity index is 2.13. The van der Waals surface area contributed by atoms with Gasteiger partial charge in [0.2, 0.25) is 0 Å². The highest BCUT2D eigenvalue weighted by molar-refractivity contribution is 6.00. The maximum absolute atomic E-state index is 12.4. The topological polar surface area (TPSA) is 43.4 Å².